The molecular weight excluding hydrogens is 388 g/mol. The van der Waals surface area contributed by atoms with E-state index in [1.165, 1.54) is 10.4 Å². The molecule has 25 heavy (non-hydrogen) atoms. The lowest BCUT2D eigenvalue weighted by Crippen LogP contribution is -2.68. The molecule has 0 aliphatic heterocycles. The van der Waals surface area contributed by atoms with E-state index in [4.69, 9.17) is 4.43 Å². The molecule has 3 heteroatoms. The van der Waals surface area contributed by atoms with Crippen LogP contribution in [0.5, 0.6) is 5.75 Å². The highest BCUT2D eigenvalue weighted by Gasteiger charge is 2.52. The zero-order valence-corrected chi connectivity index (χ0v) is 17.5. The van der Waals surface area contributed by atoms with E-state index in [2.05, 4.69) is 97.4 Å². The van der Waals surface area contributed by atoms with E-state index in [-0.39, 0.29) is 5.04 Å². The highest BCUT2D eigenvalue weighted by Crippen LogP contribution is 2.39. The first-order valence-corrected chi connectivity index (χ1v) is 11.2. The van der Waals surface area contributed by atoms with E-state index in [0.717, 1.165) is 10.2 Å². The summed E-state index contributed by atoms with van der Waals surface area (Å²) >= 11 is 3.66. The van der Waals surface area contributed by atoms with Crippen LogP contribution in [0.25, 0.3) is 0 Å². The third-order valence-corrected chi connectivity index (χ3v) is 10.1. The molecule has 0 aromatic heterocycles. The number of hydrogen-bond acceptors (Lipinski definition) is 1. The second kappa shape index (κ2) is 7.18. The Bertz CT molecular complexity index is 786. The minimum Gasteiger partial charge on any atom is -0.533 e. The van der Waals surface area contributed by atoms with Crippen LogP contribution in [0.3, 0.4) is 0 Å². The van der Waals surface area contributed by atoms with E-state index >= 15 is 0 Å². The number of hydrogen-bond donors (Lipinski definition) is 0. The molecule has 0 atom stereocenters. The molecule has 128 valence electrons. The molecule has 3 rings (SSSR count). The molecule has 0 aliphatic rings. The molecule has 0 fully saturated rings. The smallest absolute Gasteiger partial charge is 0.320 e. The lowest BCUT2D eigenvalue weighted by molar-refractivity contribution is 0.505. The van der Waals surface area contributed by atoms with Gasteiger partial charge in [-0.3, -0.25) is 0 Å². The minimum atomic E-state index is -2.55. The molecule has 0 unspecified atom stereocenters. The van der Waals surface area contributed by atoms with Gasteiger partial charge in [0, 0.05) is 0 Å². The highest BCUT2D eigenvalue weighted by atomic mass is 79.9. The van der Waals surface area contributed by atoms with Gasteiger partial charge in [-0.25, -0.2) is 0 Å². The molecule has 1 nitrogen and oxygen atoms in total. The highest BCUT2D eigenvalue weighted by molar-refractivity contribution is 9.10. The van der Waals surface area contributed by atoms with Crippen LogP contribution in [0.1, 0.15) is 20.8 Å². The van der Waals surface area contributed by atoms with Crippen molar-refractivity contribution in [2.24, 2.45) is 0 Å². The molecule has 0 spiro atoms. The van der Waals surface area contributed by atoms with Gasteiger partial charge in [0.05, 0.1) is 4.47 Å². The third-order valence-electron chi connectivity index (χ3n) is 4.52. The lowest BCUT2D eigenvalue weighted by Gasteiger charge is -2.43. The lowest BCUT2D eigenvalue weighted by atomic mass is 10.2. The molecule has 0 radical (unpaired) electrons. The van der Waals surface area contributed by atoms with Crippen LogP contribution in [-0.4, -0.2) is 8.32 Å². The second-order valence-electron chi connectivity index (χ2n) is 7.20. The maximum absolute atomic E-state index is 6.96. The Morgan fingerprint density at radius 1 is 0.680 bits per heavy atom. The summed E-state index contributed by atoms with van der Waals surface area (Å²) in [6, 6.07) is 29.5. The molecule has 0 bridgehead atoms. The summed E-state index contributed by atoms with van der Waals surface area (Å²) in [7, 11) is -2.55. The topological polar surface area (TPSA) is 9.23 Å². The van der Waals surface area contributed by atoms with Crippen LogP contribution in [-0.2, 0) is 0 Å². The average Bonchev–Trinajstić information content (AvgIpc) is 2.61. The van der Waals surface area contributed by atoms with Crippen LogP contribution in [0.2, 0.25) is 5.04 Å². The first-order chi connectivity index (χ1) is 11.9. The standard InChI is InChI=1S/C22H23BrOSi/c1-22(2,3)25(18-12-6-4-7-13-18,19-14-8-5-9-15-19)24-21-17-11-10-16-20(21)23/h4-17H,1-3H3. The summed E-state index contributed by atoms with van der Waals surface area (Å²) in [5.41, 5.74) is 0. The Morgan fingerprint density at radius 3 is 1.56 bits per heavy atom. The van der Waals surface area contributed by atoms with Crippen LogP contribution in [0, 0.1) is 0 Å². The largest absolute Gasteiger partial charge is 0.533 e. The van der Waals surface area contributed by atoms with Gasteiger partial charge in [-0.05, 0) is 43.5 Å². The Morgan fingerprint density at radius 2 is 1.12 bits per heavy atom. The van der Waals surface area contributed by atoms with Crippen molar-refractivity contribution >= 4 is 34.6 Å². The van der Waals surface area contributed by atoms with Crippen molar-refractivity contribution in [2.45, 2.75) is 25.8 Å². The first kappa shape index (κ1) is 18.0. The van der Waals surface area contributed by atoms with Crippen LogP contribution in [0.15, 0.2) is 89.4 Å². The molecule has 0 saturated heterocycles. The van der Waals surface area contributed by atoms with Gasteiger partial charge in [0.1, 0.15) is 5.75 Å². The van der Waals surface area contributed by atoms with Crippen LogP contribution < -0.4 is 14.8 Å². The fraction of sp³-hybridized carbons (Fsp3) is 0.182. The second-order valence-corrected chi connectivity index (χ2v) is 12.3. The molecule has 3 aromatic carbocycles. The monoisotopic (exact) mass is 410 g/mol. The summed E-state index contributed by atoms with van der Waals surface area (Å²) in [6.45, 7) is 6.86. The van der Waals surface area contributed by atoms with Crippen molar-refractivity contribution in [3.63, 3.8) is 0 Å². The van der Waals surface area contributed by atoms with Gasteiger partial charge in [-0.15, -0.1) is 0 Å². The molecule has 0 heterocycles. The SMILES string of the molecule is CC(C)(C)[Si](Oc1ccccc1Br)(c1ccccc1)c1ccccc1. The minimum absolute atomic E-state index is 0.0367. The van der Waals surface area contributed by atoms with Crippen LogP contribution >= 0.6 is 15.9 Å². The molecule has 0 saturated carbocycles. The summed E-state index contributed by atoms with van der Waals surface area (Å²) in [5.74, 6) is 0.900. The average molecular weight is 411 g/mol. The summed E-state index contributed by atoms with van der Waals surface area (Å²) < 4.78 is 7.95. The van der Waals surface area contributed by atoms with Crippen molar-refractivity contribution in [2.75, 3.05) is 0 Å². The van der Waals surface area contributed by atoms with Gasteiger partial charge in [0.2, 0.25) is 0 Å². The Labute approximate surface area is 159 Å². The van der Waals surface area contributed by atoms with Gasteiger partial charge >= 0.3 is 8.32 Å². The number of para-hydroxylation sites is 1. The van der Waals surface area contributed by atoms with Gasteiger partial charge in [0.15, 0.2) is 0 Å². The Hall–Kier alpha value is -1.84. The van der Waals surface area contributed by atoms with Gasteiger partial charge in [-0.2, -0.15) is 0 Å². The molecular formula is C22H23BrOSi. The fourth-order valence-corrected chi connectivity index (χ4v) is 8.30. The third kappa shape index (κ3) is 3.44. The van der Waals surface area contributed by atoms with Crippen molar-refractivity contribution in [3.05, 3.63) is 89.4 Å². The fourth-order valence-electron chi connectivity index (χ4n) is 3.34. The molecule has 0 aliphatic carbocycles. The zero-order chi connectivity index (χ0) is 17.9. The summed E-state index contributed by atoms with van der Waals surface area (Å²) in [6.07, 6.45) is 0. The van der Waals surface area contributed by atoms with Gasteiger partial charge in [0.25, 0.3) is 0 Å². The number of rotatable bonds is 4. The van der Waals surface area contributed by atoms with E-state index in [1.807, 2.05) is 24.3 Å². The normalized spacial score (nSPS) is 12.0. The summed E-state index contributed by atoms with van der Waals surface area (Å²) in [5, 5.41) is 2.53. The number of benzene rings is 3. The Balaban J connectivity index is 2.28. The van der Waals surface area contributed by atoms with Gasteiger partial charge in [-0.1, -0.05) is 93.6 Å². The van der Waals surface area contributed by atoms with E-state index in [9.17, 15) is 0 Å². The van der Waals surface area contributed by atoms with E-state index in [0.29, 0.717) is 0 Å². The maximum Gasteiger partial charge on any atom is 0.320 e. The Kier molecular flexibility index (Phi) is 5.16. The molecule has 0 amide bonds. The zero-order valence-electron chi connectivity index (χ0n) is 14.9. The van der Waals surface area contributed by atoms with Crippen molar-refractivity contribution in [3.8, 4) is 5.75 Å². The van der Waals surface area contributed by atoms with Gasteiger partial charge < -0.3 is 4.43 Å². The molecule has 3 aromatic rings. The van der Waals surface area contributed by atoms with Crippen LogP contribution in [0.4, 0.5) is 0 Å². The van der Waals surface area contributed by atoms with E-state index < -0.39 is 8.32 Å². The predicted octanol–water partition coefficient (Wildman–Crippen LogP) is 5.39. The molecule has 0 N–H and O–H groups in total. The van der Waals surface area contributed by atoms with Crippen molar-refractivity contribution < 1.29 is 4.43 Å². The van der Waals surface area contributed by atoms with Crippen molar-refractivity contribution in [1.82, 2.24) is 0 Å². The first-order valence-electron chi connectivity index (χ1n) is 8.50. The predicted molar refractivity (Wildman–Crippen MR) is 112 cm³/mol. The van der Waals surface area contributed by atoms with E-state index in [1.54, 1.807) is 0 Å². The number of halogens is 1. The quantitative estimate of drug-likeness (QED) is 0.523. The maximum atomic E-state index is 6.96. The summed E-state index contributed by atoms with van der Waals surface area (Å²) in [4.78, 5) is 0. The van der Waals surface area contributed by atoms with Crippen molar-refractivity contribution in [1.29, 1.82) is 0 Å².